The summed E-state index contributed by atoms with van der Waals surface area (Å²) in [5.74, 6) is -1.49. The molecule has 11 heteroatoms. The minimum absolute atomic E-state index is 0.00851. The van der Waals surface area contributed by atoms with Gasteiger partial charge in [-0.05, 0) is 49.5 Å². The van der Waals surface area contributed by atoms with Gasteiger partial charge in [0.05, 0.1) is 43.4 Å². The summed E-state index contributed by atoms with van der Waals surface area (Å²) in [6.45, 7) is 13.9. The van der Waals surface area contributed by atoms with E-state index in [1.165, 1.54) is 0 Å². The van der Waals surface area contributed by atoms with Gasteiger partial charge >= 0.3 is 0 Å². The number of carbonyl (C=O) groups excluding carboxylic acids is 4. The number of hydrogen-bond acceptors (Lipinski definition) is 8. The second-order valence-corrected chi connectivity index (χ2v) is 15.6. The number of amides is 3. The number of aliphatic hydroxyl groups excluding tert-OH is 1. The van der Waals surface area contributed by atoms with Gasteiger partial charge in [-0.1, -0.05) is 71.4 Å². The van der Waals surface area contributed by atoms with Gasteiger partial charge in [0.15, 0.2) is 0 Å². The third-order valence-electron chi connectivity index (χ3n) is 11.6. The quantitative estimate of drug-likeness (QED) is 0.206. The Hall–Kier alpha value is -2.86. The van der Waals surface area contributed by atoms with Gasteiger partial charge in [0.1, 0.15) is 5.78 Å². The number of methoxy groups -OCH3 is 2. The lowest BCUT2D eigenvalue weighted by Crippen LogP contribution is -2.54. The Balaban J connectivity index is 1.73. The molecule has 2 aliphatic heterocycles. The topological polar surface area (TPSA) is 126 Å². The summed E-state index contributed by atoms with van der Waals surface area (Å²) in [6, 6.07) is 9.17. The number of carbonyl (C=O) groups is 4. The van der Waals surface area contributed by atoms with E-state index in [1.807, 2.05) is 62.9 Å². The molecule has 0 unspecified atom stereocenters. The molecule has 0 aliphatic carbocycles. The number of Topliss-reactive ketones (excluding diaryl/α,β-unsaturated/α-hetero) is 1. The zero-order valence-corrected chi connectivity index (χ0v) is 33.3. The molecular formula is C41H67N3O8. The zero-order valence-electron chi connectivity index (χ0n) is 33.3. The third-order valence-corrected chi connectivity index (χ3v) is 11.6. The fraction of sp³-hybridized carbons (Fsp3) is 0.756. The Kier molecular flexibility index (Phi) is 17.7. The van der Waals surface area contributed by atoms with E-state index >= 15 is 0 Å². The second-order valence-electron chi connectivity index (χ2n) is 15.6. The number of hydrogen-bond donors (Lipinski definition) is 1. The molecule has 1 aromatic rings. The number of likely N-dealkylation sites (N-methyl/N-ethyl adjacent to an activating group) is 1. The van der Waals surface area contributed by atoms with E-state index in [4.69, 9.17) is 14.2 Å². The van der Waals surface area contributed by atoms with Crippen molar-refractivity contribution in [3.63, 3.8) is 0 Å². The van der Waals surface area contributed by atoms with E-state index in [0.29, 0.717) is 39.1 Å². The standard InChI is InChI=1S/C41H67N3O8/c1-10-28(4)39(42(7)41(49)33(27(2)3)23-37(47)43-19-20-52-29(5)25-43)36(50-8)24-38(48)44-18-14-17-34(44)40(51-9)30(6)35(46)22-32(26-45)21-31-15-12-11-13-16-31/h11-13,15-16,27-30,32-34,36,39-40,45H,10,14,17-26H2,1-9H3/t28-,29-,30-,32+,33-,34-,36+,39-,40+/m0/s1. The third kappa shape index (κ3) is 11.6. The number of nitrogens with zero attached hydrogens (tertiary/aromatic N) is 3. The number of ketones is 1. The average Bonchev–Trinajstić information content (AvgIpc) is 3.62. The molecular weight excluding hydrogens is 662 g/mol. The summed E-state index contributed by atoms with van der Waals surface area (Å²) in [5, 5.41) is 10.1. The van der Waals surface area contributed by atoms with Crippen molar-refractivity contribution in [1.29, 1.82) is 0 Å². The SMILES string of the molecule is CC[C@H](C)[C@@H]([C@@H](CC(=O)N1CCC[C@H]1[C@H](OC)[C@@H](C)C(=O)C[C@H](CO)Cc1ccccc1)OC)N(C)C(=O)[C@@H](CC(=O)N1CCO[C@@H](C)C1)C(C)C. The summed E-state index contributed by atoms with van der Waals surface area (Å²) < 4.78 is 17.6. The van der Waals surface area contributed by atoms with Crippen molar-refractivity contribution in [3.05, 3.63) is 35.9 Å². The maximum atomic E-state index is 14.2. The summed E-state index contributed by atoms with van der Waals surface area (Å²) >= 11 is 0. The first kappa shape index (κ1) is 43.5. The van der Waals surface area contributed by atoms with Crippen LogP contribution in [0, 0.1) is 29.6 Å². The largest absolute Gasteiger partial charge is 0.396 e. The molecule has 11 nitrogen and oxygen atoms in total. The zero-order chi connectivity index (χ0) is 38.5. The van der Waals surface area contributed by atoms with Crippen molar-refractivity contribution < 1.29 is 38.5 Å². The first-order chi connectivity index (χ1) is 24.8. The van der Waals surface area contributed by atoms with E-state index < -0.39 is 30.1 Å². The highest BCUT2D eigenvalue weighted by atomic mass is 16.5. The molecule has 52 heavy (non-hydrogen) atoms. The molecule has 2 saturated heterocycles. The van der Waals surface area contributed by atoms with Crippen molar-refractivity contribution in [1.82, 2.24) is 14.7 Å². The van der Waals surface area contributed by atoms with Gasteiger partial charge in [-0.25, -0.2) is 0 Å². The van der Waals surface area contributed by atoms with Crippen LogP contribution in [0.4, 0.5) is 0 Å². The van der Waals surface area contributed by atoms with E-state index in [-0.39, 0.29) is 79.3 Å². The number of morpholine rings is 1. The van der Waals surface area contributed by atoms with Gasteiger partial charge in [0, 0.05) is 72.2 Å². The van der Waals surface area contributed by atoms with Gasteiger partial charge in [-0.3, -0.25) is 19.2 Å². The first-order valence-corrected chi connectivity index (χ1v) is 19.5. The Bertz CT molecular complexity index is 1280. The summed E-state index contributed by atoms with van der Waals surface area (Å²) in [6.07, 6.45) is 2.18. The average molecular weight is 730 g/mol. The molecule has 0 aromatic heterocycles. The fourth-order valence-corrected chi connectivity index (χ4v) is 8.19. The molecule has 2 heterocycles. The Morgan fingerprint density at radius 3 is 2.25 bits per heavy atom. The van der Waals surface area contributed by atoms with Crippen LogP contribution in [0.25, 0.3) is 0 Å². The Morgan fingerprint density at radius 2 is 1.67 bits per heavy atom. The maximum absolute atomic E-state index is 14.2. The van der Waals surface area contributed by atoms with Crippen LogP contribution < -0.4 is 0 Å². The number of benzene rings is 1. The van der Waals surface area contributed by atoms with Crippen LogP contribution in [0.3, 0.4) is 0 Å². The van der Waals surface area contributed by atoms with Crippen molar-refractivity contribution >= 4 is 23.5 Å². The van der Waals surface area contributed by atoms with Gasteiger partial charge in [0.25, 0.3) is 0 Å². The number of rotatable bonds is 20. The van der Waals surface area contributed by atoms with E-state index in [9.17, 15) is 24.3 Å². The van der Waals surface area contributed by atoms with Crippen LogP contribution in [-0.2, 0) is 39.8 Å². The van der Waals surface area contributed by atoms with Crippen molar-refractivity contribution in [2.45, 2.75) is 117 Å². The number of likely N-dealkylation sites (tertiary alicyclic amines) is 1. The monoisotopic (exact) mass is 729 g/mol. The Labute approximate surface area is 312 Å². The first-order valence-electron chi connectivity index (χ1n) is 19.5. The fourth-order valence-electron chi connectivity index (χ4n) is 8.19. The normalized spacial score (nSPS) is 22.0. The smallest absolute Gasteiger partial charge is 0.226 e. The lowest BCUT2D eigenvalue weighted by molar-refractivity contribution is -0.151. The highest BCUT2D eigenvalue weighted by Gasteiger charge is 2.43. The molecule has 9 atom stereocenters. The van der Waals surface area contributed by atoms with E-state index in [2.05, 4.69) is 13.8 Å². The van der Waals surface area contributed by atoms with Crippen LogP contribution in [0.2, 0.25) is 0 Å². The van der Waals surface area contributed by atoms with E-state index in [0.717, 1.165) is 18.4 Å². The molecule has 0 saturated carbocycles. The lowest BCUT2D eigenvalue weighted by Gasteiger charge is -2.41. The van der Waals surface area contributed by atoms with Gasteiger partial charge in [-0.15, -0.1) is 0 Å². The van der Waals surface area contributed by atoms with Gasteiger partial charge in [-0.2, -0.15) is 0 Å². The Morgan fingerprint density at radius 1 is 0.981 bits per heavy atom. The molecule has 1 N–H and O–H groups in total. The molecule has 2 fully saturated rings. The van der Waals surface area contributed by atoms with E-state index in [1.54, 1.807) is 31.1 Å². The van der Waals surface area contributed by atoms with Crippen LogP contribution >= 0.6 is 0 Å². The molecule has 294 valence electrons. The maximum Gasteiger partial charge on any atom is 0.226 e. The molecule has 3 amide bonds. The highest BCUT2D eigenvalue weighted by Crippen LogP contribution is 2.31. The predicted octanol–water partition coefficient (Wildman–Crippen LogP) is 4.63. The van der Waals surface area contributed by atoms with Crippen molar-refractivity contribution in [2.75, 3.05) is 54.1 Å². The summed E-state index contributed by atoms with van der Waals surface area (Å²) in [7, 11) is 4.95. The molecule has 1 aromatic carbocycles. The molecule has 3 rings (SSSR count). The van der Waals surface area contributed by atoms with Gasteiger partial charge < -0.3 is 34.0 Å². The molecule has 0 radical (unpaired) electrons. The predicted molar refractivity (Wildman–Crippen MR) is 201 cm³/mol. The molecule has 0 spiro atoms. The second kappa shape index (κ2) is 21.1. The van der Waals surface area contributed by atoms with Crippen LogP contribution in [-0.4, -0.2) is 128 Å². The van der Waals surface area contributed by atoms with Crippen molar-refractivity contribution in [3.8, 4) is 0 Å². The number of ether oxygens (including phenoxy) is 3. The van der Waals surface area contributed by atoms with Gasteiger partial charge in [0.2, 0.25) is 17.7 Å². The van der Waals surface area contributed by atoms with Crippen LogP contribution in [0.1, 0.15) is 85.6 Å². The molecule has 2 aliphatic rings. The van der Waals surface area contributed by atoms with Crippen LogP contribution in [0.15, 0.2) is 30.3 Å². The highest BCUT2D eigenvalue weighted by molar-refractivity contribution is 5.86. The number of aliphatic hydroxyl groups is 1. The summed E-state index contributed by atoms with van der Waals surface area (Å²) in [5.41, 5.74) is 1.07. The van der Waals surface area contributed by atoms with Crippen LogP contribution in [0.5, 0.6) is 0 Å². The molecule has 0 bridgehead atoms. The lowest BCUT2D eigenvalue weighted by atomic mass is 9.85. The van der Waals surface area contributed by atoms with Crippen molar-refractivity contribution in [2.24, 2.45) is 29.6 Å². The summed E-state index contributed by atoms with van der Waals surface area (Å²) in [4.78, 5) is 60.7. The minimum atomic E-state index is -0.579. The minimum Gasteiger partial charge on any atom is -0.396 e.